The van der Waals surface area contributed by atoms with E-state index in [0.29, 0.717) is 0 Å². The van der Waals surface area contributed by atoms with Gasteiger partial charge in [0.25, 0.3) is 0 Å². The molecule has 2 aliphatic carbocycles. The first-order chi connectivity index (χ1) is 26.3. The predicted molar refractivity (Wildman–Crippen MR) is 230 cm³/mol. The minimum Gasteiger partial charge on any atom is -0.0619 e. The fourth-order valence-corrected chi connectivity index (χ4v) is 10.1. The second kappa shape index (κ2) is 11.1. The van der Waals surface area contributed by atoms with E-state index in [2.05, 4.69) is 198 Å². The van der Waals surface area contributed by atoms with E-state index in [4.69, 9.17) is 0 Å². The van der Waals surface area contributed by atoms with Crippen molar-refractivity contribution in [3.63, 3.8) is 0 Å². The van der Waals surface area contributed by atoms with E-state index in [9.17, 15) is 0 Å². The lowest BCUT2D eigenvalue weighted by Gasteiger charge is -2.24. The molecule has 0 bridgehead atoms. The Kier molecular flexibility index (Phi) is 6.46. The number of hydrogen-bond donors (Lipinski definition) is 0. The molecular weight excluding hydrogens is 649 g/mol. The zero-order valence-electron chi connectivity index (χ0n) is 31.2. The molecule has 0 saturated heterocycles. The minimum absolute atomic E-state index is 0.0761. The summed E-state index contributed by atoms with van der Waals surface area (Å²) in [6, 6.07) is 64.2. The molecule has 0 unspecified atom stereocenters. The maximum Gasteiger partial charge on any atom is 0.0159 e. The molecule has 0 fully saturated rings. The van der Waals surface area contributed by atoms with Crippen LogP contribution in [0.15, 0.2) is 170 Å². The second-order valence-corrected chi connectivity index (χ2v) is 16.4. The van der Waals surface area contributed by atoms with Gasteiger partial charge in [-0.15, -0.1) is 0 Å². The van der Waals surface area contributed by atoms with Crippen molar-refractivity contribution in [2.75, 3.05) is 0 Å². The molecule has 0 atom stereocenters. The third-order valence-corrected chi connectivity index (χ3v) is 12.9. The van der Waals surface area contributed by atoms with E-state index in [1.54, 1.807) is 0 Å². The van der Waals surface area contributed by atoms with Gasteiger partial charge in [-0.25, -0.2) is 0 Å². The molecular formula is C54H40. The number of fused-ring (bicyclic) bond motifs is 9. The Morgan fingerprint density at radius 2 is 0.759 bits per heavy atom. The molecule has 0 heterocycles. The SMILES string of the molecule is CC1(C)c2ccccc2-c2ccc(-c3ccc(-c4ccc5c(c4)C(C)(C)c4ccccc4-5)c4c(-c5cccc6ccccc56)c5ccccc5cc34)cc21. The van der Waals surface area contributed by atoms with Crippen LogP contribution in [0.1, 0.15) is 49.9 Å². The Morgan fingerprint density at radius 3 is 1.43 bits per heavy atom. The third-order valence-electron chi connectivity index (χ3n) is 12.9. The maximum atomic E-state index is 2.49. The summed E-state index contributed by atoms with van der Waals surface area (Å²) in [5.74, 6) is 0. The maximum absolute atomic E-state index is 2.49. The van der Waals surface area contributed by atoms with Crippen LogP contribution >= 0.6 is 0 Å². The first-order valence-corrected chi connectivity index (χ1v) is 19.3. The lowest BCUT2D eigenvalue weighted by atomic mass is 9.79. The van der Waals surface area contributed by atoms with E-state index < -0.39 is 0 Å². The highest BCUT2D eigenvalue weighted by atomic mass is 14.4. The Labute approximate surface area is 317 Å². The van der Waals surface area contributed by atoms with Crippen LogP contribution in [-0.2, 0) is 10.8 Å². The van der Waals surface area contributed by atoms with Gasteiger partial charge in [-0.05, 0) is 128 Å². The number of benzene rings is 9. The highest BCUT2D eigenvalue weighted by Gasteiger charge is 2.37. The second-order valence-electron chi connectivity index (χ2n) is 16.4. The van der Waals surface area contributed by atoms with Crippen molar-refractivity contribution >= 4 is 32.3 Å². The molecule has 0 heteroatoms. The highest BCUT2D eigenvalue weighted by molar-refractivity contribution is 6.23. The van der Waals surface area contributed by atoms with Crippen LogP contribution in [0.3, 0.4) is 0 Å². The molecule has 0 aromatic heterocycles. The summed E-state index contributed by atoms with van der Waals surface area (Å²) in [6.45, 7) is 9.52. The van der Waals surface area contributed by atoms with E-state index >= 15 is 0 Å². The van der Waals surface area contributed by atoms with Gasteiger partial charge in [0.15, 0.2) is 0 Å². The standard InChI is InChI=1S/C54H40/c1-53(2)47-22-11-9-19-41(47)43-26-24-35(31-49(43)53)38-28-29-40(36-25-27-44-42-20-10-12-23-48(42)54(3,4)50(44)32-36)52-46(38)30-34-15-6-8-18-39(34)51(52)45-21-13-16-33-14-5-7-17-37(33)45/h5-32H,1-4H3. The van der Waals surface area contributed by atoms with E-state index in [-0.39, 0.29) is 10.8 Å². The molecule has 9 aromatic carbocycles. The fraction of sp³-hybridized carbons (Fsp3) is 0.111. The average molecular weight is 689 g/mol. The molecule has 0 saturated carbocycles. The van der Waals surface area contributed by atoms with Crippen LogP contribution in [0.5, 0.6) is 0 Å². The normalized spacial score (nSPS) is 14.6. The minimum atomic E-state index is -0.0857. The molecule has 0 spiro atoms. The first-order valence-electron chi connectivity index (χ1n) is 19.3. The van der Waals surface area contributed by atoms with Crippen molar-refractivity contribution in [3.05, 3.63) is 192 Å². The highest BCUT2D eigenvalue weighted by Crippen LogP contribution is 2.53. The molecule has 0 radical (unpaired) electrons. The summed E-state index contributed by atoms with van der Waals surface area (Å²) in [6.07, 6.45) is 0. The number of hydrogen-bond acceptors (Lipinski definition) is 0. The Morgan fingerprint density at radius 1 is 0.296 bits per heavy atom. The summed E-state index contributed by atoms with van der Waals surface area (Å²) in [5.41, 5.74) is 18.5. The van der Waals surface area contributed by atoms with E-state index in [1.165, 1.54) is 110 Å². The van der Waals surface area contributed by atoms with Gasteiger partial charge < -0.3 is 0 Å². The zero-order chi connectivity index (χ0) is 36.3. The monoisotopic (exact) mass is 688 g/mol. The van der Waals surface area contributed by atoms with E-state index in [0.717, 1.165) is 0 Å². The van der Waals surface area contributed by atoms with Gasteiger partial charge in [-0.2, -0.15) is 0 Å². The van der Waals surface area contributed by atoms with Gasteiger partial charge in [-0.3, -0.25) is 0 Å². The summed E-state index contributed by atoms with van der Waals surface area (Å²) in [7, 11) is 0. The van der Waals surface area contributed by atoms with Crippen molar-refractivity contribution in [2.45, 2.75) is 38.5 Å². The van der Waals surface area contributed by atoms with Gasteiger partial charge in [-0.1, -0.05) is 179 Å². The van der Waals surface area contributed by atoms with Crippen LogP contribution in [-0.4, -0.2) is 0 Å². The fourth-order valence-electron chi connectivity index (χ4n) is 10.1. The van der Waals surface area contributed by atoms with Crippen molar-refractivity contribution in [3.8, 4) is 55.6 Å². The predicted octanol–water partition coefficient (Wildman–Crippen LogP) is 14.8. The molecule has 0 aliphatic heterocycles. The largest absolute Gasteiger partial charge is 0.0619 e. The summed E-state index contributed by atoms with van der Waals surface area (Å²) in [4.78, 5) is 0. The Balaban J connectivity index is 1.24. The van der Waals surface area contributed by atoms with Crippen molar-refractivity contribution in [1.29, 1.82) is 0 Å². The van der Waals surface area contributed by atoms with Crippen LogP contribution in [0, 0.1) is 0 Å². The van der Waals surface area contributed by atoms with Crippen molar-refractivity contribution < 1.29 is 0 Å². The third kappa shape index (κ3) is 4.26. The zero-order valence-corrected chi connectivity index (χ0v) is 31.2. The molecule has 256 valence electrons. The molecule has 54 heavy (non-hydrogen) atoms. The smallest absolute Gasteiger partial charge is 0.0159 e. The van der Waals surface area contributed by atoms with Gasteiger partial charge >= 0.3 is 0 Å². The Hall–Kier alpha value is -6.24. The molecule has 11 rings (SSSR count). The van der Waals surface area contributed by atoms with Gasteiger partial charge in [0, 0.05) is 10.8 Å². The summed E-state index contributed by atoms with van der Waals surface area (Å²) in [5, 5.41) is 7.65. The number of rotatable bonds is 3. The van der Waals surface area contributed by atoms with Gasteiger partial charge in [0.2, 0.25) is 0 Å². The molecule has 0 N–H and O–H groups in total. The van der Waals surface area contributed by atoms with Gasteiger partial charge in [0.05, 0.1) is 0 Å². The van der Waals surface area contributed by atoms with Crippen LogP contribution < -0.4 is 0 Å². The summed E-state index contributed by atoms with van der Waals surface area (Å²) >= 11 is 0. The van der Waals surface area contributed by atoms with E-state index in [1.807, 2.05) is 0 Å². The topological polar surface area (TPSA) is 0 Å². The molecule has 9 aromatic rings. The molecule has 0 nitrogen and oxygen atoms in total. The van der Waals surface area contributed by atoms with Crippen molar-refractivity contribution in [2.24, 2.45) is 0 Å². The van der Waals surface area contributed by atoms with Gasteiger partial charge in [0.1, 0.15) is 0 Å². The molecule has 2 aliphatic rings. The quantitative estimate of drug-likeness (QED) is 0.162. The molecule has 0 amide bonds. The van der Waals surface area contributed by atoms with Crippen molar-refractivity contribution in [1.82, 2.24) is 0 Å². The lowest BCUT2D eigenvalue weighted by molar-refractivity contribution is 0.660. The van der Waals surface area contributed by atoms with Crippen LogP contribution in [0.2, 0.25) is 0 Å². The summed E-state index contributed by atoms with van der Waals surface area (Å²) < 4.78 is 0. The Bertz CT molecular complexity index is 3040. The lowest BCUT2D eigenvalue weighted by Crippen LogP contribution is -2.15. The van der Waals surface area contributed by atoms with Crippen LogP contribution in [0.25, 0.3) is 88.0 Å². The van der Waals surface area contributed by atoms with Crippen LogP contribution in [0.4, 0.5) is 0 Å². The first kappa shape index (κ1) is 31.3. The average Bonchev–Trinajstić information content (AvgIpc) is 3.58.